The molecule has 0 aromatic carbocycles. The summed E-state index contributed by atoms with van der Waals surface area (Å²) in [7, 11) is -16.7. The summed E-state index contributed by atoms with van der Waals surface area (Å²) in [5.41, 5.74) is 3.94. The zero-order chi connectivity index (χ0) is 28.8. The standard InChI is InChI=1S/C9H17N2O15P3.C4H11NO3/c12-5-1-2-11(9(15)10-5)8-7(14)6(13)4(24-8)3-23-28(19,20)26-29(21,22)25-27(16,17)18;5-4(1-6,2-7)3-8/h4,6-8,13-14H,1-3H2,(H,19,20)(H,21,22)(H,10,12,15)(H2,16,17,18);6-8H,1-3,5H2/t4-,6-,7-,8-;/m1./s1. The number of ether oxygens (including phenoxy) is 1. The lowest BCUT2D eigenvalue weighted by atomic mass is 10.1. The minimum atomic E-state index is -5.72. The Morgan fingerprint density at radius 3 is 1.95 bits per heavy atom. The molecule has 0 aromatic rings. The van der Waals surface area contributed by atoms with Crippen molar-refractivity contribution >= 4 is 35.4 Å². The van der Waals surface area contributed by atoms with E-state index in [1.54, 1.807) is 0 Å². The molecule has 24 heteroatoms. The number of aliphatic hydroxyl groups excluding tert-OH is 5. The molecule has 0 aliphatic carbocycles. The van der Waals surface area contributed by atoms with E-state index in [-0.39, 0.29) is 13.0 Å². The van der Waals surface area contributed by atoms with Crippen LogP contribution in [0.3, 0.4) is 0 Å². The summed E-state index contributed by atoms with van der Waals surface area (Å²) >= 11 is 0. The maximum absolute atomic E-state index is 11.8. The van der Waals surface area contributed by atoms with E-state index >= 15 is 0 Å². The van der Waals surface area contributed by atoms with Gasteiger partial charge in [0.15, 0.2) is 6.23 Å². The summed E-state index contributed by atoms with van der Waals surface area (Å²) in [5, 5.41) is 47.0. The number of aliphatic hydroxyl groups is 5. The Morgan fingerprint density at radius 2 is 1.51 bits per heavy atom. The van der Waals surface area contributed by atoms with Gasteiger partial charge < -0.3 is 55.6 Å². The van der Waals surface area contributed by atoms with Gasteiger partial charge in [0.2, 0.25) is 5.91 Å². The molecule has 218 valence electrons. The van der Waals surface area contributed by atoms with Crippen LogP contribution in [0.15, 0.2) is 0 Å². The highest BCUT2D eigenvalue weighted by Gasteiger charge is 2.49. The molecule has 6 atom stereocenters. The average molecular weight is 607 g/mol. The Balaban J connectivity index is 0.000000738. The first-order chi connectivity index (χ1) is 16.8. The molecule has 37 heavy (non-hydrogen) atoms. The number of urea groups is 1. The fourth-order valence-corrected chi connectivity index (χ4v) is 5.60. The van der Waals surface area contributed by atoms with Gasteiger partial charge in [-0.15, -0.1) is 0 Å². The zero-order valence-electron chi connectivity index (χ0n) is 18.6. The van der Waals surface area contributed by atoms with Crippen LogP contribution in [-0.4, -0.2) is 125 Å². The van der Waals surface area contributed by atoms with Gasteiger partial charge in [0.25, 0.3) is 0 Å². The van der Waals surface area contributed by atoms with Gasteiger partial charge in [0.05, 0.1) is 32.0 Å². The number of nitrogens with one attached hydrogen (secondary N) is 1. The Kier molecular flexibility index (Phi) is 12.4. The van der Waals surface area contributed by atoms with E-state index in [9.17, 15) is 38.4 Å². The summed E-state index contributed by atoms with van der Waals surface area (Å²) in [5.74, 6) is -0.566. The molecule has 21 nitrogen and oxygen atoms in total. The van der Waals surface area contributed by atoms with Gasteiger partial charge in [0.1, 0.15) is 18.3 Å². The average Bonchev–Trinajstić information content (AvgIpc) is 3.03. The normalized spacial score (nSPS) is 28.1. The third-order valence-corrected chi connectivity index (χ3v) is 8.30. The van der Waals surface area contributed by atoms with Crippen LogP contribution in [0.25, 0.3) is 0 Å². The maximum atomic E-state index is 11.8. The predicted octanol–water partition coefficient (Wildman–Crippen LogP) is -4.62. The molecule has 0 radical (unpaired) electrons. The van der Waals surface area contributed by atoms with Gasteiger partial charge in [-0.25, -0.2) is 18.5 Å². The van der Waals surface area contributed by atoms with E-state index in [1.807, 2.05) is 5.32 Å². The Bertz CT molecular complexity index is 933. The highest BCUT2D eigenvalue weighted by atomic mass is 31.3. The predicted molar refractivity (Wildman–Crippen MR) is 114 cm³/mol. The van der Waals surface area contributed by atoms with Crippen molar-refractivity contribution in [1.82, 2.24) is 10.2 Å². The van der Waals surface area contributed by atoms with Crippen molar-refractivity contribution < 1.29 is 86.3 Å². The number of imide groups is 1. The smallest absolute Gasteiger partial charge is 0.394 e. The van der Waals surface area contributed by atoms with Crippen LogP contribution in [0.5, 0.6) is 0 Å². The second-order valence-electron chi connectivity index (χ2n) is 7.57. The first-order valence-corrected chi connectivity index (χ1v) is 14.3. The van der Waals surface area contributed by atoms with E-state index < -0.39 is 91.9 Å². The van der Waals surface area contributed by atoms with Gasteiger partial charge in [0, 0.05) is 13.0 Å². The van der Waals surface area contributed by atoms with E-state index in [4.69, 9.17) is 40.5 Å². The van der Waals surface area contributed by atoms with Crippen molar-refractivity contribution in [2.45, 2.75) is 36.5 Å². The fourth-order valence-electron chi connectivity index (χ4n) is 2.57. The first-order valence-electron chi connectivity index (χ1n) is 9.80. The molecule has 2 heterocycles. The van der Waals surface area contributed by atoms with Crippen molar-refractivity contribution in [2.24, 2.45) is 5.73 Å². The molecule has 0 spiro atoms. The Morgan fingerprint density at radius 1 is 0.973 bits per heavy atom. The number of hydrogen-bond donors (Lipinski definition) is 11. The first kappa shape index (κ1) is 34.1. The topological polar surface area (TPSA) is 346 Å². The number of phosphoric ester groups is 1. The van der Waals surface area contributed by atoms with Gasteiger partial charge in [-0.05, 0) is 0 Å². The highest BCUT2D eigenvalue weighted by molar-refractivity contribution is 7.66. The molecular formula is C13H28N3O18P3. The quantitative estimate of drug-likeness (QED) is 0.0983. The monoisotopic (exact) mass is 607 g/mol. The van der Waals surface area contributed by atoms with Crippen molar-refractivity contribution in [3.63, 3.8) is 0 Å². The molecule has 0 bridgehead atoms. The summed E-state index contributed by atoms with van der Waals surface area (Å²) in [6.45, 7) is -2.38. The fraction of sp³-hybridized carbons (Fsp3) is 0.846. The van der Waals surface area contributed by atoms with Gasteiger partial charge in [-0.3, -0.25) is 19.5 Å². The van der Waals surface area contributed by atoms with Crippen LogP contribution in [0, 0.1) is 0 Å². The van der Waals surface area contributed by atoms with Crippen molar-refractivity contribution in [3.05, 3.63) is 0 Å². The molecular weight excluding hydrogens is 579 g/mol. The molecule has 2 aliphatic heterocycles. The number of nitrogens with two attached hydrogens (primary N) is 1. The SMILES string of the molecule is NC(CO)(CO)CO.O=C1CCN([C@@H]2O[C@H](COP(=O)(O)OP(=O)(O)OP(=O)(O)O)[C@@H](O)[C@H]2O)C(=O)N1. The van der Waals surface area contributed by atoms with E-state index in [1.165, 1.54) is 0 Å². The zero-order valence-corrected chi connectivity index (χ0v) is 21.3. The van der Waals surface area contributed by atoms with E-state index in [0.717, 1.165) is 4.90 Å². The number of hydrogen-bond acceptors (Lipinski definition) is 15. The summed E-state index contributed by atoms with van der Waals surface area (Å²) < 4.78 is 50.0. The molecule has 3 amide bonds. The second kappa shape index (κ2) is 13.4. The number of phosphoric acid groups is 3. The molecule has 2 unspecified atom stereocenters. The van der Waals surface area contributed by atoms with Crippen LogP contribution < -0.4 is 11.1 Å². The van der Waals surface area contributed by atoms with Crippen molar-refractivity contribution in [1.29, 1.82) is 0 Å². The minimum Gasteiger partial charge on any atom is -0.394 e. The van der Waals surface area contributed by atoms with Gasteiger partial charge >= 0.3 is 29.5 Å². The highest BCUT2D eigenvalue weighted by Crippen LogP contribution is 2.66. The Labute approximate surface area is 207 Å². The van der Waals surface area contributed by atoms with Crippen LogP contribution in [0.1, 0.15) is 6.42 Å². The molecule has 12 N–H and O–H groups in total. The molecule has 2 saturated heterocycles. The number of rotatable bonds is 11. The molecule has 2 rings (SSSR count). The lowest BCUT2D eigenvalue weighted by molar-refractivity contribution is -0.125. The molecule has 2 aliphatic rings. The largest absolute Gasteiger partial charge is 0.490 e. The van der Waals surface area contributed by atoms with Crippen molar-refractivity contribution in [3.8, 4) is 0 Å². The second-order valence-corrected chi connectivity index (χ2v) is 12.0. The molecule has 0 saturated carbocycles. The van der Waals surface area contributed by atoms with E-state index in [2.05, 4.69) is 13.1 Å². The Hall–Kier alpha value is -0.930. The van der Waals surface area contributed by atoms with Gasteiger partial charge in [-0.2, -0.15) is 8.62 Å². The van der Waals surface area contributed by atoms with Crippen LogP contribution >= 0.6 is 23.5 Å². The van der Waals surface area contributed by atoms with Crippen LogP contribution in [0.4, 0.5) is 4.79 Å². The molecule has 2 fully saturated rings. The lowest BCUT2D eigenvalue weighted by Gasteiger charge is -2.32. The maximum Gasteiger partial charge on any atom is 0.490 e. The molecule has 0 aromatic heterocycles. The van der Waals surface area contributed by atoms with Crippen LogP contribution in [0.2, 0.25) is 0 Å². The van der Waals surface area contributed by atoms with Crippen molar-refractivity contribution in [2.75, 3.05) is 33.0 Å². The summed E-state index contributed by atoms with van der Waals surface area (Å²) in [4.78, 5) is 59.1. The number of carbonyl (C=O) groups is 2. The lowest BCUT2D eigenvalue weighted by Crippen LogP contribution is -2.56. The van der Waals surface area contributed by atoms with E-state index in [0.29, 0.717) is 0 Å². The third kappa shape index (κ3) is 11.0. The summed E-state index contributed by atoms with van der Waals surface area (Å²) in [6.07, 6.45) is -6.56. The summed E-state index contributed by atoms with van der Waals surface area (Å²) in [6, 6.07) is -0.911. The number of amides is 3. The van der Waals surface area contributed by atoms with Gasteiger partial charge in [-0.1, -0.05) is 0 Å². The van der Waals surface area contributed by atoms with Crippen LogP contribution in [-0.2, 0) is 36.4 Å². The third-order valence-electron chi connectivity index (χ3n) is 4.49. The number of nitrogens with zero attached hydrogens (tertiary/aromatic N) is 1. The minimum absolute atomic E-state index is 0.110. The number of carbonyl (C=O) groups excluding carboxylic acids is 2.